The number of rotatable bonds is 5. The largest absolute Gasteiger partial charge is 0.458 e. The van der Waals surface area contributed by atoms with E-state index < -0.39 is 22.7 Å². The molecule has 0 spiro atoms. The third-order valence-corrected chi connectivity index (χ3v) is 11.3. The summed E-state index contributed by atoms with van der Waals surface area (Å²) in [6, 6.07) is 10.3. The summed E-state index contributed by atoms with van der Waals surface area (Å²) in [6.45, 7) is 3.23. The maximum Gasteiger partial charge on any atom is 0.331 e. The fourth-order valence-corrected chi connectivity index (χ4v) is 9.43. The number of carbonyl (C=O) groups is 1. The molecule has 3 N–H and O–H groups in total. The molecule has 5 aliphatic rings. The van der Waals surface area contributed by atoms with E-state index in [-0.39, 0.29) is 29.1 Å². The van der Waals surface area contributed by atoms with E-state index in [0.29, 0.717) is 45.3 Å². The van der Waals surface area contributed by atoms with Crippen LogP contribution in [0.1, 0.15) is 70.3 Å². The first-order chi connectivity index (χ1) is 17.7. The zero-order chi connectivity index (χ0) is 25.9. The van der Waals surface area contributed by atoms with Gasteiger partial charge in [-0.15, -0.1) is 0 Å². The van der Waals surface area contributed by atoms with Gasteiger partial charge in [0.25, 0.3) is 0 Å². The highest BCUT2D eigenvalue weighted by Crippen LogP contribution is 2.70. The van der Waals surface area contributed by atoms with Crippen LogP contribution in [0.2, 0.25) is 0 Å². The van der Waals surface area contributed by atoms with Crippen LogP contribution in [0.15, 0.2) is 47.0 Å². The van der Waals surface area contributed by atoms with Gasteiger partial charge in [-0.3, -0.25) is 4.99 Å². The molecule has 6 rings (SSSR count). The molecule has 1 aliphatic heterocycles. The standard InChI is InChI=1S/C31H41NO5/c1-28-12-8-25-26(31(28,36)15-10-24(28)22-17-27(34)37-19-22)9-14-30(35)18-23(33)7-13-29(25,30)20-32-16-11-21-5-3-2-4-6-21/h2-6,17,20,23-26,33,35-36H,7-16,18-19H2,1H3/t23-,24+,25+,26+,28+,29-,30+,31-/m0/s1. The lowest BCUT2D eigenvalue weighted by Crippen LogP contribution is -2.68. The number of aliphatic imine (C=N–C) groups is 1. The fourth-order valence-electron chi connectivity index (χ4n) is 9.43. The Morgan fingerprint density at radius 1 is 1.03 bits per heavy atom. The molecule has 6 nitrogen and oxygen atoms in total. The summed E-state index contributed by atoms with van der Waals surface area (Å²) in [4.78, 5) is 16.8. The molecular formula is C31H41NO5. The second-order valence-electron chi connectivity index (χ2n) is 12.8. The van der Waals surface area contributed by atoms with Crippen molar-refractivity contribution in [2.75, 3.05) is 13.2 Å². The molecule has 37 heavy (non-hydrogen) atoms. The van der Waals surface area contributed by atoms with Gasteiger partial charge in [-0.05, 0) is 86.7 Å². The maximum atomic E-state index is 12.5. The number of cyclic esters (lactones) is 1. The summed E-state index contributed by atoms with van der Waals surface area (Å²) in [5.41, 5.74) is -0.424. The zero-order valence-corrected chi connectivity index (χ0v) is 21.9. The maximum absolute atomic E-state index is 12.5. The first kappa shape index (κ1) is 25.3. The van der Waals surface area contributed by atoms with Gasteiger partial charge >= 0.3 is 5.97 Å². The van der Waals surface area contributed by atoms with Crippen LogP contribution in [-0.2, 0) is 16.0 Å². The van der Waals surface area contributed by atoms with Gasteiger partial charge in [-0.25, -0.2) is 4.79 Å². The number of hydrogen-bond donors (Lipinski definition) is 3. The van der Waals surface area contributed by atoms with E-state index in [1.807, 2.05) is 18.2 Å². The minimum absolute atomic E-state index is 0.0611. The van der Waals surface area contributed by atoms with E-state index in [0.717, 1.165) is 37.7 Å². The van der Waals surface area contributed by atoms with Crippen LogP contribution >= 0.6 is 0 Å². The van der Waals surface area contributed by atoms with Crippen LogP contribution < -0.4 is 0 Å². The molecule has 0 saturated heterocycles. The molecule has 1 aromatic carbocycles. The normalized spacial score (nSPS) is 45.2. The highest BCUT2D eigenvalue weighted by atomic mass is 16.5. The van der Waals surface area contributed by atoms with Gasteiger partial charge in [0, 0.05) is 36.1 Å². The Kier molecular flexibility index (Phi) is 6.17. The Morgan fingerprint density at radius 2 is 1.81 bits per heavy atom. The van der Waals surface area contributed by atoms with Gasteiger partial charge < -0.3 is 20.1 Å². The van der Waals surface area contributed by atoms with Crippen molar-refractivity contribution in [1.82, 2.24) is 0 Å². The Morgan fingerprint density at radius 3 is 2.57 bits per heavy atom. The molecule has 0 aromatic heterocycles. The van der Waals surface area contributed by atoms with E-state index in [1.54, 1.807) is 6.08 Å². The van der Waals surface area contributed by atoms with Crippen molar-refractivity contribution >= 4 is 12.2 Å². The molecule has 0 amide bonds. The Labute approximate surface area is 219 Å². The first-order valence-corrected chi connectivity index (χ1v) is 14.3. The van der Waals surface area contributed by atoms with Crippen LogP contribution in [0, 0.1) is 28.6 Å². The highest BCUT2D eigenvalue weighted by Gasteiger charge is 2.71. The van der Waals surface area contributed by atoms with Gasteiger partial charge in [-0.2, -0.15) is 0 Å². The van der Waals surface area contributed by atoms with Crippen LogP contribution in [0.3, 0.4) is 0 Å². The minimum atomic E-state index is -1.00. The Hall–Kier alpha value is -2.02. The van der Waals surface area contributed by atoms with E-state index in [2.05, 4.69) is 25.3 Å². The van der Waals surface area contributed by atoms with Gasteiger partial charge in [0.05, 0.1) is 17.3 Å². The van der Waals surface area contributed by atoms with Crippen molar-refractivity contribution in [2.45, 2.75) is 88.4 Å². The van der Waals surface area contributed by atoms with Gasteiger partial charge in [0.2, 0.25) is 0 Å². The van der Waals surface area contributed by atoms with Crippen molar-refractivity contribution in [1.29, 1.82) is 0 Å². The summed E-state index contributed by atoms with van der Waals surface area (Å²) in [7, 11) is 0. The van der Waals surface area contributed by atoms with Crippen LogP contribution in [-0.4, -0.2) is 58.0 Å². The molecule has 1 aromatic rings. The molecule has 4 saturated carbocycles. The molecule has 8 atom stereocenters. The molecule has 0 radical (unpaired) electrons. The number of ether oxygens (including phenoxy) is 1. The Balaban J connectivity index is 1.31. The number of carbonyl (C=O) groups excluding carboxylic acids is 1. The molecule has 200 valence electrons. The number of aliphatic hydroxyl groups excluding tert-OH is 1. The van der Waals surface area contributed by atoms with Crippen molar-refractivity contribution in [3.8, 4) is 0 Å². The molecular weight excluding hydrogens is 466 g/mol. The van der Waals surface area contributed by atoms with Crippen molar-refractivity contribution in [2.24, 2.45) is 33.6 Å². The van der Waals surface area contributed by atoms with E-state index >= 15 is 0 Å². The van der Waals surface area contributed by atoms with Crippen LogP contribution in [0.5, 0.6) is 0 Å². The second-order valence-corrected chi connectivity index (χ2v) is 12.8. The Bertz CT molecular complexity index is 1100. The third kappa shape index (κ3) is 3.77. The van der Waals surface area contributed by atoms with Gasteiger partial charge in [-0.1, -0.05) is 37.3 Å². The second kappa shape index (κ2) is 9.03. The SMILES string of the molecule is C[C@]12CC[C@@H]3[C@@H](CC[C@@]4(O)C[C@@H](O)CC[C@]34C=NCCc3ccccc3)[C@@]1(O)CC[C@@H]2C1=CC(=O)OC1. The number of esters is 1. The van der Waals surface area contributed by atoms with Crippen molar-refractivity contribution < 1.29 is 24.9 Å². The third-order valence-electron chi connectivity index (χ3n) is 11.3. The monoisotopic (exact) mass is 507 g/mol. The summed E-state index contributed by atoms with van der Waals surface area (Å²) in [5.74, 6) is 0.0590. The summed E-state index contributed by atoms with van der Waals surface area (Å²) < 4.78 is 5.25. The summed E-state index contributed by atoms with van der Waals surface area (Å²) >= 11 is 0. The van der Waals surface area contributed by atoms with E-state index in [4.69, 9.17) is 9.73 Å². The quantitative estimate of drug-likeness (QED) is 0.413. The average molecular weight is 508 g/mol. The topological polar surface area (TPSA) is 99.4 Å². The molecule has 1 heterocycles. The summed E-state index contributed by atoms with van der Waals surface area (Å²) in [6.07, 6.45) is 10.4. The lowest BCUT2D eigenvalue weighted by atomic mass is 9.41. The van der Waals surface area contributed by atoms with Gasteiger partial charge in [0.15, 0.2) is 0 Å². The van der Waals surface area contributed by atoms with Crippen molar-refractivity contribution in [3.63, 3.8) is 0 Å². The molecule has 4 fully saturated rings. The molecule has 0 unspecified atom stereocenters. The highest BCUT2D eigenvalue weighted by molar-refractivity contribution is 5.85. The predicted molar refractivity (Wildman–Crippen MR) is 141 cm³/mol. The predicted octanol–water partition coefficient (Wildman–Crippen LogP) is 4.01. The first-order valence-electron chi connectivity index (χ1n) is 14.3. The number of nitrogens with zero attached hydrogens (tertiary/aromatic N) is 1. The van der Waals surface area contributed by atoms with Crippen LogP contribution in [0.4, 0.5) is 0 Å². The zero-order valence-electron chi connectivity index (χ0n) is 21.9. The van der Waals surface area contributed by atoms with Crippen LogP contribution in [0.25, 0.3) is 0 Å². The average Bonchev–Trinajstić information content (AvgIpc) is 3.42. The molecule has 6 heteroatoms. The van der Waals surface area contributed by atoms with Gasteiger partial charge in [0.1, 0.15) is 6.61 Å². The fraction of sp³-hybridized carbons (Fsp3) is 0.677. The molecule has 4 aliphatic carbocycles. The number of benzene rings is 1. The van der Waals surface area contributed by atoms with Crippen molar-refractivity contribution in [3.05, 3.63) is 47.5 Å². The number of aliphatic hydroxyl groups is 3. The number of hydrogen-bond acceptors (Lipinski definition) is 6. The summed E-state index contributed by atoms with van der Waals surface area (Å²) in [5, 5.41) is 35.2. The minimum Gasteiger partial charge on any atom is -0.458 e. The molecule has 0 bridgehead atoms. The lowest BCUT2D eigenvalue weighted by Gasteiger charge is -2.65. The van der Waals surface area contributed by atoms with E-state index in [9.17, 15) is 20.1 Å². The lowest BCUT2D eigenvalue weighted by molar-refractivity contribution is -0.237. The van der Waals surface area contributed by atoms with E-state index in [1.165, 1.54) is 5.56 Å². The number of fused-ring (bicyclic) bond motifs is 5. The smallest absolute Gasteiger partial charge is 0.331 e.